The number of nitrogens with one attached hydrogen (secondary N) is 1. The number of benzene rings is 2. The molecule has 2 aromatic heterocycles. The van der Waals surface area contributed by atoms with Gasteiger partial charge in [-0.2, -0.15) is 0 Å². The number of rotatable bonds is 6. The van der Waals surface area contributed by atoms with E-state index in [1.807, 2.05) is 23.6 Å². The van der Waals surface area contributed by atoms with Crippen molar-refractivity contribution in [2.45, 2.75) is 6.92 Å². The fourth-order valence-corrected chi connectivity index (χ4v) is 4.04. The number of hydrogen-bond donors (Lipinski definition) is 1. The standard InChI is InChI=1S/C22H15N5O5S/c1-13-18(10-17(26(29)30)11-20(13)27(31)32)21(28)24-16-4-2-3-15(9-16)19-12-33-22(25-19)14-5-7-23-8-6-14/h2-12H,1H3,(H,24,28). The molecule has 0 aliphatic carbocycles. The zero-order valence-electron chi connectivity index (χ0n) is 17.1. The number of nitro groups is 2. The minimum atomic E-state index is -0.771. The molecule has 1 amide bonds. The van der Waals surface area contributed by atoms with E-state index < -0.39 is 27.1 Å². The Bertz CT molecular complexity index is 1390. The molecule has 0 aliphatic heterocycles. The van der Waals surface area contributed by atoms with Crippen molar-refractivity contribution in [2.24, 2.45) is 0 Å². The summed E-state index contributed by atoms with van der Waals surface area (Å²) in [7, 11) is 0. The molecule has 164 valence electrons. The predicted molar refractivity (Wildman–Crippen MR) is 123 cm³/mol. The van der Waals surface area contributed by atoms with E-state index in [-0.39, 0.29) is 11.1 Å². The highest BCUT2D eigenvalue weighted by Gasteiger charge is 2.24. The number of thiazole rings is 1. The van der Waals surface area contributed by atoms with Gasteiger partial charge in [0.05, 0.1) is 27.2 Å². The number of pyridine rings is 1. The van der Waals surface area contributed by atoms with E-state index in [1.54, 1.807) is 30.6 Å². The number of nitrogens with zero attached hydrogens (tertiary/aromatic N) is 4. The third-order valence-corrected chi connectivity index (χ3v) is 5.76. The van der Waals surface area contributed by atoms with Crippen LogP contribution in [0.2, 0.25) is 0 Å². The van der Waals surface area contributed by atoms with Crippen LogP contribution in [0.5, 0.6) is 0 Å². The maximum Gasteiger partial charge on any atom is 0.279 e. The Hall–Kier alpha value is -4.51. The van der Waals surface area contributed by atoms with E-state index in [4.69, 9.17) is 0 Å². The van der Waals surface area contributed by atoms with Gasteiger partial charge in [-0.05, 0) is 31.2 Å². The number of carbonyl (C=O) groups is 1. The maximum absolute atomic E-state index is 12.8. The Balaban J connectivity index is 1.62. The monoisotopic (exact) mass is 461 g/mol. The van der Waals surface area contributed by atoms with Gasteiger partial charge in [-0.15, -0.1) is 11.3 Å². The zero-order chi connectivity index (χ0) is 23.5. The predicted octanol–water partition coefficient (Wildman–Crippen LogP) is 5.25. The summed E-state index contributed by atoms with van der Waals surface area (Å²) in [6.45, 7) is 1.38. The number of carbonyl (C=O) groups excluding carboxylic acids is 1. The van der Waals surface area contributed by atoms with Gasteiger partial charge >= 0.3 is 0 Å². The molecular formula is C22H15N5O5S. The number of nitro benzene ring substituents is 2. The highest BCUT2D eigenvalue weighted by molar-refractivity contribution is 7.13. The second-order valence-electron chi connectivity index (χ2n) is 6.96. The zero-order valence-corrected chi connectivity index (χ0v) is 17.9. The van der Waals surface area contributed by atoms with Crippen LogP contribution >= 0.6 is 11.3 Å². The van der Waals surface area contributed by atoms with Crippen molar-refractivity contribution >= 4 is 34.3 Å². The van der Waals surface area contributed by atoms with E-state index >= 15 is 0 Å². The largest absolute Gasteiger partial charge is 0.322 e. The van der Waals surface area contributed by atoms with Crippen LogP contribution in [0.4, 0.5) is 17.1 Å². The Morgan fingerprint density at radius 2 is 1.76 bits per heavy atom. The smallest absolute Gasteiger partial charge is 0.279 e. The quantitative estimate of drug-likeness (QED) is 0.305. The SMILES string of the molecule is Cc1c(C(=O)Nc2cccc(-c3csc(-c4ccncc4)n3)c2)cc([N+](=O)[O-])cc1[N+](=O)[O-]. The number of aromatic nitrogens is 2. The lowest BCUT2D eigenvalue weighted by Crippen LogP contribution is -2.14. The molecule has 1 N–H and O–H groups in total. The molecule has 4 rings (SSSR count). The summed E-state index contributed by atoms with van der Waals surface area (Å²) < 4.78 is 0. The van der Waals surface area contributed by atoms with Crippen molar-refractivity contribution in [1.82, 2.24) is 9.97 Å². The number of amides is 1. The van der Waals surface area contributed by atoms with Crippen LogP contribution in [-0.4, -0.2) is 25.7 Å². The molecule has 11 heteroatoms. The third-order valence-electron chi connectivity index (χ3n) is 4.86. The topological polar surface area (TPSA) is 141 Å². The number of hydrogen-bond acceptors (Lipinski definition) is 8. The van der Waals surface area contributed by atoms with Crippen molar-refractivity contribution in [3.8, 4) is 21.8 Å². The minimum absolute atomic E-state index is 0.0424. The van der Waals surface area contributed by atoms with E-state index in [1.165, 1.54) is 18.3 Å². The fraction of sp³-hybridized carbons (Fsp3) is 0.0455. The molecular weight excluding hydrogens is 446 g/mol. The molecule has 0 aliphatic rings. The Morgan fingerprint density at radius 3 is 2.45 bits per heavy atom. The summed E-state index contributed by atoms with van der Waals surface area (Å²) in [5, 5.41) is 27.8. The van der Waals surface area contributed by atoms with E-state index in [0.717, 1.165) is 28.3 Å². The van der Waals surface area contributed by atoms with Gasteiger partial charge in [-0.25, -0.2) is 4.98 Å². The number of anilines is 1. The van der Waals surface area contributed by atoms with Crippen molar-refractivity contribution < 1.29 is 14.6 Å². The van der Waals surface area contributed by atoms with Crippen LogP contribution < -0.4 is 5.32 Å². The molecule has 33 heavy (non-hydrogen) atoms. The summed E-state index contributed by atoms with van der Waals surface area (Å²) in [5.41, 5.74) is 1.70. The lowest BCUT2D eigenvalue weighted by molar-refractivity contribution is -0.394. The van der Waals surface area contributed by atoms with Gasteiger partial charge < -0.3 is 5.32 Å². The van der Waals surface area contributed by atoms with Gasteiger partial charge in [0.1, 0.15) is 5.01 Å². The first kappa shape index (κ1) is 21.7. The van der Waals surface area contributed by atoms with Crippen LogP contribution in [0.15, 0.2) is 66.3 Å². The van der Waals surface area contributed by atoms with Crippen molar-refractivity contribution in [1.29, 1.82) is 0 Å². The van der Waals surface area contributed by atoms with Crippen LogP contribution in [0.3, 0.4) is 0 Å². The van der Waals surface area contributed by atoms with Gasteiger partial charge in [-0.3, -0.25) is 30.0 Å². The molecule has 0 saturated heterocycles. The summed E-state index contributed by atoms with van der Waals surface area (Å²) in [4.78, 5) is 42.4. The van der Waals surface area contributed by atoms with Crippen molar-refractivity contribution in [2.75, 3.05) is 5.32 Å². The average Bonchev–Trinajstić information content (AvgIpc) is 3.30. The summed E-state index contributed by atoms with van der Waals surface area (Å²) >= 11 is 1.47. The van der Waals surface area contributed by atoms with Crippen LogP contribution in [-0.2, 0) is 0 Å². The Kier molecular flexibility index (Phi) is 5.87. The molecule has 10 nitrogen and oxygen atoms in total. The highest BCUT2D eigenvalue weighted by atomic mass is 32.1. The summed E-state index contributed by atoms with van der Waals surface area (Å²) in [6, 6.07) is 12.5. The lowest BCUT2D eigenvalue weighted by Gasteiger charge is -2.09. The molecule has 2 heterocycles. The second kappa shape index (κ2) is 8.93. The van der Waals surface area contributed by atoms with Gasteiger partial charge in [0, 0.05) is 46.2 Å². The maximum atomic E-state index is 12.8. The molecule has 0 saturated carbocycles. The minimum Gasteiger partial charge on any atom is -0.322 e. The highest BCUT2D eigenvalue weighted by Crippen LogP contribution is 2.31. The van der Waals surface area contributed by atoms with E-state index in [0.29, 0.717) is 11.4 Å². The normalized spacial score (nSPS) is 10.6. The molecule has 4 aromatic rings. The molecule has 0 radical (unpaired) electrons. The first-order chi connectivity index (χ1) is 15.8. The van der Waals surface area contributed by atoms with Crippen molar-refractivity contribution in [3.63, 3.8) is 0 Å². The lowest BCUT2D eigenvalue weighted by atomic mass is 10.0. The van der Waals surface area contributed by atoms with E-state index in [2.05, 4.69) is 15.3 Å². The van der Waals surface area contributed by atoms with Crippen LogP contribution in [0.1, 0.15) is 15.9 Å². The van der Waals surface area contributed by atoms with Gasteiger partial charge in [0.25, 0.3) is 17.3 Å². The Labute approximate surface area is 190 Å². The van der Waals surface area contributed by atoms with Gasteiger partial charge in [-0.1, -0.05) is 12.1 Å². The van der Waals surface area contributed by atoms with Crippen molar-refractivity contribution in [3.05, 3.63) is 97.7 Å². The second-order valence-corrected chi connectivity index (χ2v) is 7.82. The summed E-state index contributed by atoms with van der Waals surface area (Å²) in [5.74, 6) is -0.688. The number of non-ortho nitro benzene ring substituents is 1. The molecule has 0 bridgehead atoms. The Morgan fingerprint density at radius 1 is 1.00 bits per heavy atom. The van der Waals surface area contributed by atoms with Gasteiger partial charge in [0.2, 0.25) is 0 Å². The van der Waals surface area contributed by atoms with Crippen LogP contribution in [0, 0.1) is 27.2 Å². The molecule has 0 spiro atoms. The van der Waals surface area contributed by atoms with Gasteiger partial charge in [0.15, 0.2) is 0 Å². The molecule has 0 fully saturated rings. The first-order valence-corrected chi connectivity index (χ1v) is 10.4. The third kappa shape index (κ3) is 4.57. The summed E-state index contributed by atoms with van der Waals surface area (Å²) in [6.07, 6.45) is 3.37. The molecule has 0 unspecified atom stereocenters. The fourth-order valence-electron chi connectivity index (χ4n) is 3.20. The first-order valence-electron chi connectivity index (χ1n) is 9.54. The molecule has 2 aromatic carbocycles. The molecule has 0 atom stereocenters. The van der Waals surface area contributed by atoms with Crippen LogP contribution in [0.25, 0.3) is 21.8 Å². The van der Waals surface area contributed by atoms with E-state index in [9.17, 15) is 25.0 Å². The average molecular weight is 461 g/mol.